The van der Waals surface area contributed by atoms with Gasteiger partial charge in [0, 0.05) is 32.7 Å². The highest BCUT2D eigenvalue weighted by atomic mass is 16.5. The van der Waals surface area contributed by atoms with Crippen molar-refractivity contribution < 1.29 is 9.47 Å². The Morgan fingerprint density at radius 2 is 1.70 bits per heavy atom. The summed E-state index contributed by atoms with van der Waals surface area (Å²) in [5.41, 5.74) is 3.54. The molecule has 6 heteroatoms. The zero-order valence-electron chi connectivity index (χ0n) is 18.0. The first-order chi connectivity index (χ1) is 14.8. The van der Waals surface area contributed by atoms with Crippen LogP contribution in [0.2, 0.25) is 0 Å². The lowest BCUT2D eigenvalue weighted by atomic mass is 10.1. The zero-order chi connectivity index (χ0) is 20.9. The average molecular weight is 411 g/mol. The Labute approximate surface area is 180 Å². The van der Waals surface area contributed by atoms with Crippen LogP contribution in [0.1, 0.15) is 23.6 Å². The smallest absolute Gasteiger partial charge is 0.191 e. The summed E-state index contributed by atoms with van der Waals surface area (Å²) in [6.45, 7) is 10.4. The highest BCUT2D eigenvalue weighted by Crippen LogP contribution is 2.10. The van der Waals surface area contributed by atoms with Gasteiger partial charge < -0.3 is 20.1 Å². The third-order valence-electron chi connectivity index (χ3n) is 4.96. The van der Waals surface area contributed by atoms with Gasteiger partial charge in [-0.05, 0) is 23.6 Å². The quantitative estimate of drug-likeness (QED) is 0.466. The fourth-order valence-corrected chi connectivity index (χ4v) is 3.35. The molecule has 0 unspecified atom stereocenters. The zero-order valence-corrected chi connectivity index (χ0v) is 18.0. The second-order valence-corrected chi connectivity index (χ2v) is 7.37. The molecule has 0 spiro atoms. The summed E-state index contributed by atoms with van der Waals surface area (Å²) in [5, 5.41) is 6.77. The van der Waals surface area contributed by atoms with Gasteiger partial charge in [0.1, 0.15) is 0 Å². The van der Waals surface area contributed by atoms with Crippen LogP contribution >= 0.6 is 0 Å². The number of aliphatic imine (C=N–C) groups is 1. The maximum Gasteiger partial charge on any atom is 0.191 e. The average Bonchev–Trinajstić information content (AvgIpc) is 2.79. The molecule has 1 aliphatic rings. The normalized spacial score (nSPS) is 15.2. The predicted molar refractivity (Wildman–Crippen MR) is 121 cm³/mol. The molecule has 6 nitrogen and oxygen atoms in total. The van der Waals surface area contributed by atoms with Crippen LogP contribution in [0.4, 0.5) is 0 Å². The van der Waals surface area contributed by atoms with Crippen molar-refractivity contribution in [3.05, 3.63) is 71.3 Å². The second-order valence-electron chi connectivity index (χ2n) is 7.37. The lowest BCUT2D eigenvalue weighted by molar-refractivity contribution is 0.0389. The molecule has 1 fully saturated rings. The molecule has 2 aromatic rings. The first-order valence-corrected chi connectivity index (χ1v) is 10.9. The van der Waals surface area contributed by atoms with Gasteiger partial charge in [-0.3, -0.25) is 4.90 Å². The summed E-state index contributed by atoms with van der Waals surface area (Å²) in [5.74, 6) is 0.858. The minimum atomic E-state index is 0.602. The van der Waals surface area contributed by atoms with Crippen LogP contribution in [0.3, 0.4) is 0 Å². The van der Waals surface area contributed by atoms with E-state index in [1.54, 1.807) is 0 Å². The van der Waals surface area contributed by atoms with Crippen molar-refractivity contribution in [3.63, 3.8) is 0 Å². The van der Waals surface area contributed by atoms with Crippen LogP contribution in [-0.4, -0.2) is 56.8 Å². The Balaban J connectivity index is 1.45. The maximum atomic E-state index is 5.86. The van der Waals surface area contributed by atoms with E-state index in [9.17, 15) is 0 Å². The van der Waals surface area contributed by atoms with Crippen molar-refractivity contribution in [2.24, 2.45) is 4.99 Å². The molecule has 0 atom stereocenters. The number of morpholine rings is 1. The van der Waals surface area contributed by atoms with E-state index in [0.29, 0.717) is 19.8 Å². The minimum Gasteiger partial charge on any atom is -0.379 e. The Bertz CT molecular complexity index is 761. The van der Waals surface area contributed by atoms with E-state index in [1.807, 2.05) is 18.2 Å². The summed E-state index contributed by atoms with van der Waals surface area (Å²) in [6.07, 6.45) is 0. The molecule has 1 saturated heterocycles. The van der Waals surface area contributed by atoms with Gasteiger partial charge in [-0.1, -0.05) is 54.6 Å². The molecule has 2 N–H and O–H groups in total. The Morgan fingerprint density at radius 3 is 2.50 bits per heavy atom. The molecule has 0 radical (unpaired) electrons. The van der Waals surface area contributed by atoms with Crippen LogP contribution in [0.25, 0.3) is 0 Å². The van der Waals surface area contributed by atoms with Gasteiger partial charge in [0.15, 0.2) is 5.96 Å². The van der Waals surface area contributed by atoms with Crippen molar-refractivity contribution >= 4 is 5.96 Å². The van der Waals surface area contributed by atoms with E-state index >= 15 is 0 Å². The molecule has 0 amide bonds. The molecule has 162 valence electrons. The number of nitrogens with zero attached hydrogens (tertiary/aromatic N) is 2. The summed E-state index contributed by atoms with van der Waals surface area (Å²) in [6, 6.07) is 18.7. The van der Waals surface area contributed by atoms with E-state index in [-0.39, 0.29) is 0 Å². The SMILES string of the molecule is CCNC(=NCc1cccc(COCc2ccccc2)c1)NCCN1CCOCC1. The highest BCUT2D eigenvalue weighted by molar-refractivity contribution is 5.79. The maximum absolute atomic E-state index is 5.86. The third kappa shape index (κ3) is 8.14. The molecule has 2 aromatic carbocycles. The lowest BCUT2D eigenvalue weighted by Gasteiger charge is -2.26. The van der Waals surface area contributed by atoms with Gasteiger partial charge >= 0.3 is 0 Å². The topological polar surface area (TPSA) is 58.1 Å². The van der Waals surface area contributed by atoms with Crippen LogP contribution < -0.4 is 10.6 Å². The van der Waals surface area contributed by atoms with E-state index < -0.39 is 0 Å². The van der Waals surface area contributed by atoms with Crippen molar-refractivity contribution in [3.8, 4) is 0 Å². The summed E-state index contributed by atoms with van der Waals surface area (Å²) < 4.78 is 11.3. The van der Waals surface area contributed by atoms with Gasteiger partial charge in [-0.15, -0.1) is 0 Å². The number of nitrogens with one attached hydrogen (secondary N) is 2. The van der Waals surface area contributed by atoms with Gasteiger partial charge in [0.25, 0.3) is 0 Å². The van der Waals surface area contributed by atoms with Gasteiger partial charge in [0.2, 0.25) is 0 Å². The molecule has 1 heterocycles. The number of hydrogen-bond donors (Lipinski definition) is 2. The Hall–Kier alpha value is -2.41. The van der Waals surface area contributed by atoms with Gasteiger partial charge in [-0.25, -0.2) is 4.99 Å². The van der Waals surface area contributed by atoms with Crippen LogP contribution in [0.15, 0.2) is 59.6 Å². The largest absolute Gasteiger partial charge is 0.379 e. The molecule has 0 aromatic heterocycles. The highest BCUT2D eigenvalue weighted by Gasteiger charge is 2.09. The van der Waals surface area contributed by atoms with E-state index in [2.05, 4.69) is 58.9 Å². The number of guanidine groups is 1. The number of rotatable bonds is 10. The predicted octanol–water partition coefficient (Wildman–Crippen LogP) is 2.79. The van der Waals surface area contributed by atoms with E-state index in [0.717, 1.165) is 51.9 Å². The van der Waals surface area contributed by atoms with E-state index in [1.165, 1.54) is 16.7 Å². The van der Waals surface area contributed by atoms with Crippen molar-refractivity contribution in [2.75, 3.05) is 45.9 Å². The molecule has 0 bridgehead atoms. The molecule has 30 heavy (non-hydrogen) atoms. The first-order valence-electron chi connectivity index (χ1n) is 10.9. The van der Waals surface area contributed by atoms with Gasteiger partial charge in [-0.2, -0.15) is 0 Å². The van der Waals surface area contributed by atoms with Crippen LogP contribution in [-0.2, 0) is 29.2 Å². The fourth-order valence-electron chi connectivity index (χ4n) is 3.35. The van der Waals surface area contributed by atoms with Crippen LogP contribution in [0, 0.1) is 0 Å². The number of ether oxygens (including phenoxy) is 2. The monoisotopic (exact) mass is 410 g/mol. The molecular formula is C24H34N4O2. The second kappa shape index (κ2) is 13.0. The third-order valence-corrected chi connectivity index (χ3v) is 4.96. The summed E-state index contributed by atoms with van der Waals surface area (Å²) in [7, 11) is 0. The van der Waals surface area contributed by atoms with Crippen molar-refractivity contribution in [2.45, 2.75) is 26.7 Å². The molecule has 3 rings (SSSR count). The van der Waals surface area contributed by atoms with Gasteiger partial charge in [0.05, 0.1) is 33.0 Å². The molecular weight excluding hydrogens is 376 g/mol. The van der Waals surface area contributed by atoms with Crippen LogP contribution in [0.5, 0.6) is 0 Å². The molecule has 1 aliphatic heterocycles. The number of benzene rings is 2. The minimum absolute atomic E-state index is 0.602. The van der Waals surface area contributed by atoms with Crippen molar-refractivity contribution in [1.82, 2.24) is 15.5 Å². The lowest BCUT2D eigenvalue weighted by Crippen LogP contribution is -2.44. The standard InChI is InChI=1S/C24H34N4O2/c1-2-25-24(26-11-12-28-13-15-29-16-14-28)27-18-22-9-6-10-23(17-22)20-30-19-21-7-4-3-5-8-21/h3-10,17H,2,11-16,18-20H2,1H3,(H2,25,26,27). The van der Waals surface area contributed by atoms with E-state index in [4.69, 9.17) is 14.5 Å². The van der Waals surface area contributed by atoms with Crippen molar-refractivity contribution in [1.29, 1.82) is 0 Å². The summed E-state index contributed by atoms with van der Waals surface area (Å²) in [4.78, 5) is 7.16. The number of hydrogen-bond acceptors (Lipinski definition) is 4. The fraction of sp³-hybridized carbons (Fsp3) is 0.458. The summed E-state index contributed by atoms with van der Waals surface area (Å²) >= 11 is 0. The first kappa shape index (κ1) is 22.3. The Kier molecular flexibility index (Phi) is 9.66. The molecule has 0 saturated carbocycles. The molecule has 0 aliphatic carbocycles. The Morgan fingerprint density at radius 1 is 0.967 bits per heavy atom.